The number of nitrogens with one attached hydrogen (secondary N) is 2. The topological polar surface area (TPSA) is 152 Å². The van der Waals surface area contributed by atoms with E-state index < -0.39 is 42.2 Å². The highest BCUT2D eigenvalue weighted by molar-refractivity contribution is 5.87. The van der Waals surface area contributed by atoms with Gasteiger partial charge >= 0.3 is 5.97 Å². The summed E-state index contributed by atoms with van der Waals surface area (Å²) in [4.78, 5) is 67.3. The number of unbranched alkanes of at least 4 members (excludes halogenated alkanes) is 1. The summed E-state index contributed by atoms with van der Waals surface area (Å²) < 4.78 is 17.5. The molecule has 2 N–H and O–H groups in total. The lowest BCUT2D eigenvalue weighted by Crippen LogP contribution is -2.56. The quantitative estimate of drug-likeness (QED) is 0.126. The minimum Gasteiger partial charge on any atom is -0.464 e. The molecule has 300 valence electrons. The predicted molar refractivity (Wildman–Crippen MR) is 208 cm³/mol. The maximum atomic E-state index is 14.2. The number of nitrogens with zero attached hydrogens (tertiary/aromatic N) is 4. The van der Waals surface area contributed by atoms with Crippen LogP contribution < -0.4 is 10.6 Å². The van der Waals surface area contributed by atoms with Crippen molar-refractivity contribution in [3.8, 4) is 0 Å². The molecule has 54 heavy (non-hydrogen) atoms. The number of carbonyl (C=O) groups excluding carboxylic acids is 4. The molecule has 2 aromatic rings. The van der Waals surface area contributed by atoms with Crippen molar-refractivity contribution < 1.29 is 33.4 Å². The number of benzene rings is 1. The van der Waals surface area contributed by atoms with Gasteiger partial charge in [0, 0.05) is 46.6 Å². The Morgan fingerprint density at radius 3 is 2.26 bits per heavy atom. The molecule has 1 aromatic carbocycles. The molecule has 1 fully saturated rings. The Morgan fingerprint density at radius 1 is 0.981 bits per heavy atom. The highest BCUT2D eigenvalue weighted by Crippen LogP contribution is 2.30. The van der Waals surface area contributed by atoms with Gasteiger partial charge in [-0.25, -0.2) is 14.8 Å². The molecule has 13 nitrogen and oxygen atoms in total. The zero-order chi connectivity index (χ0) is 39.8. The van der Waals surface area contributed by atoms with E-state index in [2.05, 4.69) is 34.4 Å². The Morgan fingerprint density at radius 2 is 1.67 bits per heavy atom. The summed E-state index contributed by atoms with van der Waals surface area (Å²) in [6, 6.07) is 8.98. The summed E-state index contributed by atoms with van der Waals surface area (Å²) in [6.45, 7) is 12.6. The van der Waals surface area contributed by atoms with Gasteiger partial charge < -0.3 is 34.6 Å². The van der Waals surface area contributed by atoms with Gasteiger partial charge in [-0.2, -0.15) is 0 Å². The Labute approximate surface area is 322 Å². The van der Waals surface area contributed by atoms with Crippen LogP contribution in [-0.4, -0.2) is 114 Å². The van der Waals surface area contributed by atoms with E-state index in [0.29, 0.717) is 18.9 Å². The second-order valence-electron chi connectivity index (χ2n) is 14.8. The van der Waals surface area contributed by atoms with Crippen LogP contribution in [0.15, 0.2) is 48.8 Å². The number of methoxy groups -OCH3 is 2. The molecule has 0 radical (unpaired) electrons. The number of esters is 1. The highest BCUT2D eigenvalue weighted by Gasteiger charge is 2.43. The third-order valence-electron chi connectivity index (χ3n) is 10.7. The zero-order valence-corrected chi connectivity index (χ0v) is 33.8. The van der Waals surface area contributed by atoms with Crippen molar-refractivity contribution in [2.75, 3.05) is 39.7 Å². The normalized spacial score (nSPS) is 18.2. The Kier molecular flexibility index (Phi) is 18.3. The Hall–Kier alpha value is -4.10. The van der Waals surface area contributed by atoms with E-state index >= 15 is 0 Å². The SMILES string of the molecule is CCCCOC(=O)C(Cc1ccccc1)NC(=O)[C@H](C)[C@@H](OC)C1CCCN1C(=O)C[C@@H](OC)[C@H]([C@@H](C)CC)N(C)C(=O)C(Nc1ncccn1)C(C)C. The maximum absolute atomic E-state index is 14.2. The summed E-state index contributed by atoms with van der Waals surface area (Å²) in [6.07, 6.45) is 6.14. The summed E-state index contributed by atoms with van der Waals surface area (Å²) in [7, 11) is 4.89. The van der Waals surface area contributed by atoms with Gasteiger partial charge in [0.05, 0.1) is 43.2 Å². The van der Waals surface area contributed by atoms with E-state index in [1.54, 1.807) is 56.5 Å². The second-order valence-corrected chi connectivity index (χ2v) is 14.8. The number of hydrogen-bond acceptors (Lipinski definition) is 10. The van der Waals surface area contributed by atoms with Crippen molar-refractivity contribution >= 4 is 29.6 Å². The van der Waals surface area contributed by atoms with E-state index in [4.69, 9.17) is 14.2 Å². The lowest BCUT2D eigenvalue weighted by Gasteiger charge is -2.40. The highest BCUT2D eigenvalue weighted by atomic mass is 16.5. The van der Waals surface area contributed by atoms with Crippen LogP contribution in [0.2, 0.25) is 0 Å². The number of carbonyl (C=O) groups is 4. The molecule has 1 aliphatic heterocycles. The van der Waals surface area contributed by atoms with Crippen LogP contribution in [0, 0.1) is 17.8 Å². The fourth-order valence-corrected chi connectivity index (χ4v) is 7.32. The molecule has 1 aliphatic rings. The molecule has 0 bridgehead atoms. The molecule has 0 aliphatic carbocycles. The van der Waals surface area contributed by atoms with E-state index in [-0.39, 0.29) is 55.0 Å². The van der Waals surface area contributed by atoms with Gasteiger partial charge in [-0.3, -0.25) is 14.4 Å². The summed E-state index contributed by atoms with van der Waals surface area (Å²) in [5, 5.41) is 6.13. The summed E-state index contributed by atoms with van der Waals surface area (Å²) >= 11 is 0. The van der Waals surface area contributed by atoms with Crippen molar-refractivity contribution in [3.05, 3.63) is 54.4 Å². The lowest BCUT2D eigenvalue weighted by molar-refractivity contribution is -0.150. The first-order chi connectivity index (χ1) is 25.9. The molecule has 1 saturated heterocycles. The molecule has 3 rings (SSSR count). The van der Waals surface area contributed by atoms with Crippen LogP contribution in [0.5, 0.6) is 0 Å². The van der Waals surface area contributed by atoms with Gasteiger partial charge in [-0.15, -0.1) is 0 Å². The van der Waals surface area contributed by atoms with Crippen LogP contribution >= 0.6 is 0 Å². The van der Waals surface area contributed by atoms with E-state index in [1.165, 1.54) is 0 Å². The number of anilines is 1. The zero-order valence-electron chi connectivity index (χ0n) is 33.8. The van der Waals surface area contributed by atoms with Crippen molar-refractivity contribution in [2.45, 2.75) is 123 Å². The van der Waals surface area contributed by atoms with Gasteiger partial charge in [0.1, 0.15) is 12.1 Å². The largest absolute Gasteiger partial charge is 0.464 e. The number of likely N-dealkylation sites (tertiary alicyclic amines) is 1. The molecule has 2 heterocycles. The first-order valence-corrected chi connectivity index (χ1v) is 19.5. The maximum Gasteiger partial charge on any atom is 0.328 e. The second kappa shape index (κ2) is 22.3. The number of likely N-dealkylation sites (N-methyl/N-ethyl adjacent to an activating group) is 1. The minimum absolute atomic E-state index is 0.0137. The number of ether oxygens (including phenoxy) is 3. The molecular formula is C41H64N6O7. The van der Waals surface area contributed by atoms with Crippen LogP contribution in [0.1, 0.15) is 85.6 Å². The van der Waals surface area contributed by atoms with Crippen LogP contribution in [0.3, 0.4) is 0 Å². The molecule has 13 heteroatoms. The monoisotopic (exact) mass is 752 g/mol. The first kappa shape index (κ1) is 44.3. The number of hydrogen-bond donors (Lipinski definition) is 2. The van der Waals surface area contributed by atoms with Crippen LogP contribution in [-0.2, 0) is 39.8 Å². The Balaban J connectivity index is 1.77. The van der Waals surface area contributed by atoms with Crippen LogP contribution in [0.4, 0.5) is 5.95 Å². The molecule has 0 spiro atoms. The third kappa shape index (κ3) is 12.2. The molecule has 3 unspecified atom stereocenters. The van der Waals surface area contributed by atoms with E-state index in [9.17, 15) is 19.2 Å². The van der Waals surface area contributed by atoms with E-state index in [0.717, 1.165) is 31.2 Å². The van der Waals surface area contributed by atoms with Gasteiger partial charge in [0.15, 0.2) is 0 Å². The van der Waals surface area contributed by atoms with Crippen molar-refractivity contribution in [3.63, 3.8) is 0 Å². The summed E-state index contributed by atoms with van der Waals surface area (Å²) in [5.41, 5.74) is 0.899. The fraction of sp³-hybridized carbons (Fsp3) is 0.659. The third-order valence-corrected chi connectivity index (χ3v) is 10.7. The van der Waals surface area contributed by atoms with Gasteiger partial charge in [-0.1, -0.05) is 84.7 Å². The molecular weight excluding hydrogens is 688 g/mol. The van der Waals surface area contributed by atoms with Crippen molar-refractivity contribution in [1.82, 2.24) is 25.1 Å². The van der Waals surface area contributed by atoms with Gasteiger partial charge in [0.2, 0.25) is 23.7 Å². The molecule has 8 atom stereocenters. The average Bonchev–Trinajstić information content (AvgIpc) is 3.66. The van der Waals surface area contributed by atoms with Gasteiger partial charge in [-0.05, 0) is 42.7 Å². The molecule has 0 saturated carbocycles. The standard InChI is InChI=1S/C41H64N6O7/c1-10-12-24-54-40(51)31(25-30-18-14-13-15-19-30)44-38(49)29(6)37(53-9)32-20-16-23-47(32)34(48)26-33(52-8)36(28(5)11-2)46(7)39(50)35(27(3)4)45-41-42-21-17-22-43-41/h13-15,17-19,21-22,27-29,31-33,35-37H,10-12,16,20,23-26H2,1-9H3,(H,44,49)(H,42,43,45)/t28-,29+,31?,32?,33+,35?,36-,37+/m0/s1. The minimum atomic E-state index is -0.872. The van der Waals surface area contributed by atoms with Crippen LogP contribution in [0.25, 0.3) is 0 Å². The predicted octanol–water partition coefficient (Wildman–Crippen LogP) is 4.90. The average molecular weight is 753 g/mol. The van der Waals surface area contributed by atoms with Crippen molar-refractivity contribution in [2.24, 2.45) is 17.8 Å². The molecule has 3 amide bonds. The first-order valence-electron chi connectivity index (χ1n) is 19.5. The fourth-order valence-electron chi connectivity index (χ4n) is 7.32. The number of rotatable bonds is 22. The van der Waals surface area contributed by atoms with E-state index in [1.807, 2.05) is 51.1 Å². The Bertz CT molecular complexity index is 1450. The molecule has 1 aromatic heterocycles. The number of amides is 3. The lowest BCUT2D eigenvalue weighted by atomic mass is 9.89. The van der Waals surface area contributed by atoms with Crippen molar-refractivity contribution in [1.29, 1.82) is 0 Å². The van der Waals surface area contributed by atoms with Gasteiger partial charge in [0.25, 0.3) is 0 Å². The summed E-state index contributed by atoms with van der Waals surface area (Å²) in [5.74, 6) is -1.48. The smallest absolute Gasteiger partial charge is 0.328 e. The number of aromatic nitrogens is 2.